The van der Waals surface area contributed by atoms with Gasteiger partial charge < -0.3 is 14.8 Å². The number of sulfonamides is 1. The van der Waals surface area contributed by atoms with Gasteiger partial charge in [-0.3, -0.25) is 9.52 Å². The molecule has 0 bridgehead atoms. The van der Waals surface area contributed by atoms with Crippen LogP contribution in [-0.4, -0.2) is 38.0 Å². The molecule has 11 heteroatoms. The van der Waals surface area contributed by atoms with E-state index in [1.807, 2.05) is 30.3 Å². The van der Waals surface area contributed by atoms with Gasteiger partial charge in [-0.25, -0.2) is 18.4 Å². The molecule has 0 aliphatic rings. The first-order valence-corrected chi connectivity index (χ1v) is 13.4. The number of anilines is 2. The lowest BCUT2D eigenvalue weighted by atomic mass is 10.1. The Morgan fingerprint density at radius 2 is 1.73 bits per heavy atom. The normalized spacial score (nSPS) is 11.0. The molecule has 0 spiro atoms. The minimum Gasteiger partial charge on any atom is -0.492 e. The molecule has 0 aliphatic heterocycles. The molecule has 9 nitrogen and oxygen atoms in total. The van der Waals surface area contributed by atoms with Crippen molar-refractivity contribution >= 4 is 43.4 Å². The van der Waals surface area contributed by atoms with Crippen LogP contribution < -0.4 is 19.5 Å². The highest BCUT2D eigenvalue weighted by Crippen LogP contribution is 2.27. The van der Waals surface area contributed by atoms with Crippen LogP contribution >= 0.6 is 15.9 Å². The summed E-state index contributed by atoms with van der Waals surface area (Å²) in [5, 5.41) is 2.76. The van der Waals surface area contributed by atoms with Crippen molar-refractivity contribution in [2.24, 2.45) is 0 Å². The minimum atomic E-state index is -3.90. The van der Waals surface area contributed by atoms with Gasteiger partial charge in [-0.1, -0.05) is 30.3 Å². The zero-order chi connectivity index (χ0) is 26.3. The van der Waals surface area contributed by atoms with E-state index in [9.17, 15) is 13.2 Å². The Morgan fingerprint density at radius 1 is 0.973 bits per heavy atom. The number of nitrogens with zero attached hydrogens (tertiary/aromatic N) is 2. The van der Waals surface area contributed by atoms with E-state index in [1.54, 1.807) is 18.2 Å². The fourth-order valence-corrected chi connectivity index (χ4v) is 4.80. The molecular weight excluding hydrogens is 560 g/mol. The third-order valence-corrected chi connectivity index (χ3v) is 7.19. The van der Waals surface area contributed by atoms with Crippen LogP contribution in [0.5, 0.6) is 11.6 Å². The van der Waals surface area contributed by atoms with Gasteiger partial charge in [-0.05, 0) is 64.0 Å². The number of ether oxygens (including phenoxy) is 2. The van der Waals surface area contributed by atoms with Crippen molar-refractivity contribution in [3.63, 3.8) is 0 Å². The van der Waals surface area contributed by atoms with Gasteiger partial charge in [0.1, 0.15) is 17.9 Å². The van der Waals surface area contributed by atoms with E-state index in [1.165, 1.54) is 49.3 Å². The molecule has 190 valence electrons. The molecule has 0 saturated carbocycles. The number of aromatic nitrogens is 2. The van der Waals surface area contributed by atoms with Gasteiger partial charge >= 0.3 is 0 Å². The van der Waals surface area contributed by atoms with E-state index < -0.39 is 10.0 Å². The molecule has 37 heavy (non-hydrogen) atoms. The van der Waals surface area contributed by atoms with Crippen molar-refractivity contribution in [3.05, 3.63) is 101 Å². The minimum absolute atomic E-state index is 0.00262. The monoisotopic (exact) mass is 582 g/mol. The van der Waals surface area contributed by atoms with Gasteiger partial charge in [0, 0.05) is 23.7 Å². The van der Waals surface area contributed by atoms with Crippen molar-refractivity contribution in [2.75, 3.05) is 23.8 Å². The topological polar surface area (TPSA) is 120 Å². The number of hydrogen-bond donors (Lipinski definition) is 2. The van der Waals surface area contributed by atoms with Crippen LogP contribution in [0.2, 0.25) is 0 Å². The molecule has 0 unspecified atom stereocenters. The largest absolute Gasteiger partial charge is 0.492 e. The van der Waals surface area contributed by atoms with Crippen LogP contribution in [0.25, 0.3) is 0 Å². The number of rotatable bonds is 10. The first kappa shape index (κ1) is 26.1. The van der Waals surface area contributed by atoms with Crippen molar-refractivity contribution in [2.45, 2.75) is 11.3 Å². The summed E-state index contributed by atoms with van der Waals surface area (Å²) in [6.07, 6.45) is 1.96. The maximum atomic E-state index is 12.7. The molecule has 1 amide bonds. The second kappa shape index (κ2) is 11.8. The predicted molar refractivity (Wildman–Crippen MR) is 144 cm³/mol. The van der Waals surface area contributed by atoms with Crippen molar-refractivity contribution in [3.8, 4) is 11.6 Å². The Bertz CT molecular complexity index is 1480. The Labute approximate surface area is 223 Å². The van der Waals surface area contributed by atoms with Crippen molar-refractivity contribution in [1.29, 1.82) is 0 Å². The number of benzene rings is 3. The van der Waals surface area contributed by atoms with Gasteiger partial charge in [0.25, 0.3) is 15.9 Å². The smallest absolute Gasteiger partial charge is 0.263 e. The van der Waals surface area contributed by atoms with Gasteiger partial charge in [-0.15, -0.1) is 0 Å². The van der Waals surface area contributed by atoms with E-state index in [4.69, 9.17) is 9.47 Å². The molecule has 2 N–H and O–H groups in total. The van der Waals surface area contributed by atoms with Crippen molar-refractivity contribution < 1.29 is 22.7 Å². The van der Waals surface area contributed by atoms with Crippen molar-refractivity contribution in [1.82, 2.24) is 9.97 Å². The molecule has 0 aliphatic carbocycles. The van der Waals surface area contributed by atoms with Gasteiger partial charge in [0.05, 0.1) is 23.1 Å². The second-order valence-electron chi connectivity index (χ2n) is 7.76. The summed E-state index contributed by atoms with van der Waals surface area (Å²) in [5.74, 6) is 0.584. The lowest BCUT2D eigenvalue weighted by molar-refractivity contribution is 0.102. The highest BCUT2D eigenvalue weighted by Gasteiger charge is 2.16. The molecule has 1 heterocycles. The van der Waals surface area contributed by atoms with E-state index in [0.717, 1.165) is 6.42 Å². The summed E-state index contributed by atoms with van der Waals surface area (Å²) in [7, 11) is -2.48. The summed E-state index contributed by atoms with van der Waals surface area (Å²) in [4.78, 5) is 20.5. The molecule has 0 saturated heterocycles. The van der Waals surface area contributed by atoms with E-state index >= 15 is 0 Å². The summed E-state index contributed by atoms with van der Waals surface area (Å²) < 4.78 is 39.2. The average Bonchev–Trinajstić information content (AvgIpc) is 2.90. The third-order valence-electron chi connectivity index (χ3n) is 5.20. The van der Waals surface area contributed by atoms with Crippen LogP contribution in [0, 0.1) is 0 Å². The number of methoxy groups -OCH3 is 1. The maximum Gasteiger partial charge on any atom is 0.263 e. The fourth-order valence-electron chi connectivity index (χ4n) is 3.31. The number of nitrogens with one attached hydrogen (secondary N) is 2. The van der Waals surface area contributed by atoms with E-state index in [-0.39, 0.29) is 22.5 Å². The molecule has 4 aromatic rings. The fraction of sp³-hybridized carbons (Fsp3) is 0.115. The molecule has 0 fully saturated rings. The van der Waals surface area contributed by atoms with Crippen LogP contribution in [0.15, 0.2) is 94.6 Å². The second-order valence-corrected chi connectivity index (χ2v) is 10.3. The Hall–Kier alpha value is -3.96. The zero-order valence-electron chi connectivity index (χ0n) is 19.7. The molecule has 0 atom stereocenters. The lowest BCUT2D eigenvalue weighted by Gasteiger charge is -2.11. The first-order chi connectivity index (χ1) is 17.8. The van der Waals surface area contributed by atoms with Crippen LogP contribution in [0.1, 0.15) is 15.9 Å². The SMILES string of the molecule is COc1cc(NS(=O)(=O)c2ccc(NC(=O)c3ccc(OCCc4ccccc4)c(Br)c3)cc2)ncn1. The number of hydrogen-bond acceptors (Lipinski definition) is 7. The van der Waals surface area contributed by atoms with Gasteiger partial charge in [-0.2, -0.15) is 0 Å². The summed E-state index contributed by atoms with van der Waals surface area (Å²) in [6, 6.07) is 22.2. The van der Waals surface area contributed by atoms with Crippen LogP contribution in [0.4, 0.5) is 11.5 Å². The standard InChI is InChI=1S/C26H23BrN4O5S/c1-35-25-16-24(28-17-29-25)31-37(33,34)21-10-8-20(9-11-21)30-26(32)19-7-12-23(22(27)15-19)36-14-13-18-5-3-2-4-6-18/h2-12,15-17H,13-14H2,1H3,(H,30,32)(H,28,29,31). The zero-order valence-corrected chi connectivity index (χ0v) is 22.1. The van der Waals surface area contributed by atoms with Crippen LogP contribution in [0.3, 0.4) is 0 Å². The summed E-state index contributed by atoms with van der Waals surface area (Å²) in [6.45, 7) is 0.503. The number of carbonyl (C=O) groups is 1. The Kier molecular flexibility index (Phi) is 8.36. The summed E-state index contributed by atoms with van der Waals surface area (Å²) in [5.41, 5.74) is 2.03. The highest BCUT2D eigenvalue weighted by atomic mass is 79.9. The van der Waals surface area contributed by atoms with E-state index in [2.05, 4.69) is 35.9 Å². The van der Waals surface area contributed by atoms with Gasteiger partial charge in [0.15, 0.2) is 0 Å². The Balaban J connectivity index is 1.35. The number of carbonyl (C=O) groups excluding carboxylic acids is 1. The van der Waals surface area contributed by atoms with E-state index in [0.29, 0.717) is 28.1 Å². The van der Waals surface area contributed by atoms with Gasteiger partial charge in [0.2, 0.25) is 5.88 Å². The quantitative estimate of drug-likeness (QED) is 0.272. The molecule has 3 aromatic carbocycles. The number of amides is 1. The average molecular weight is 583 g/mol. The third kappa shape index (κ3) is 7.05. The molecule has 4 rings (SSSR count). The lowest BCUT2D eigenvalue weighted by Crippen LogP contribution is -2.15. The predicted octanol–water partition coefficient (Wildman–Crippen LogP) is 4.92. The number of halogens is 1. The first-order valence-electron chi connectivity index (χ1n) is 11.1. The Morgan fingerprint density at radius 3 is 2.43 bits per heavy atom. The molecule has 1 aromatic heterocycles. The highest BCUT2D eigenvalue weighted by molar-refractivity contribution is 9.10. The molecule has 0 radical (unpaired) electrons. The maximum absolute atomic E-state index is 12.7. The molecular formula is C26H23BrN4O5S. The van der Waals surface area contributed by atoms with Crippen LogP contribution in [-0.2, 0) is 16.4 Å². The summed E-state index contributed by atoms with van der Waals surface area (Å²) >= 11 is 3.46.